The molecule has 1 rings (SSSR count). The van der Waals surface area contributed by atoms with Gasteiger partial charge >= 0.3 is 6.18 Å². The summed E-state index contributed by atoms with van der Waals surface area (Å²) in [6.45, 7) is -0.864. The van der Waals surface area contributed by atoms with Crippen LogP contribution in [0.5, 0.6) is 0 Å². The van der Waals surface area contributed by atoms with Crippen LogP contribution in [0.15, 0.2) is 18.2 Å². The Morgan fingerprint density at radius 2 is 1.81 bits per heavy atom. The third kappa shape index (κ3) is 5.96. The highest BCUT2D eigenvalue weighted by Gasteiger charge is 2.31. The lowest BCUT2D eigenvalue weighted by molar-refractivity contribution is -0.137. The van der Waals surface area contributed by atoms with Crippen LogP contribution in [0, 0.1) is 5.82 Å². The molecule has 0 aliphatic heterocycles. The summed E-state index contributed by atoms with van der Waals surface area (Å²) in [5.74, 6) is -2.51. The van der Waals surface area contributed by atoms with Gasteiger partial charge in [-0.05, 0) is 18.2 Å². The molecule has 0 aliphatic rings. The van der Waals surface area contributed by atoms with E-state index in [9.17, 15) is 27.2 Å². The zero-order chi connectivity index (χ0) is 15.3. The van der Waals surface area contributed by atoms with E-state index >= 15 is 0 Å². The van der Waals surface area contributed by atoms with Gasteiger partial charge in [0, 0.05) is 0 Å². The minimum atomic E-state index is -4.65. The number of hydrogen-bond donors (Lipinski definition) is 3. The summed E-state index contributed by atoms with van der Waals surface area (Å²) < 4.78 is 50.6. The van der Waals surface area contributed by atoms with Gasteiger partial charge in [-0.1, -0.05) is 0 Å². The Kier molecular flexibility index (Phi) is 7.10. The van der Waals surface area contributed by atoms with Crippen molar-refractivity contribution < 1.29 is 27.2 Å². The highest BCUT2D eigenvalue weighted by molar-refractivity contribution is 5.94. The lowest BCUT2D eigenvalue weighted by Gasteiger charge is -2.11. The number of carbonyl (C=O) groups is 2. The largest absolute Gasteiger partial charge is 0.416 e. The fraction of sp³-hybridized carbons (Fsp3) is 0.273. The fourth-order valence-electron chi connectivity index (χ4n) is 1.24. The van der Waals surface area contributed by atoms with Gasteiger partial charge in [-0.2, -0.15) is 13.2 Å². The molecule has 10 heteroatoms. The van der Waals surface area contributed by atoms with Crippen LogP contribution in [0.3, 0.4) is 0 Å². The number of anilines is 1. The molecule has 0 spiro atoms. The molecule has 0 unspecified atom stereocenters. The van der Waals surface area contributed by atoms with Crippen molar-refractivity contribution in [3.05, 3.63) is 29.6 Å². The summed E-state index contributed by atoms with van der Waals surface area (Å²) in [5.41, 5.74) is 3.26. The van der Waals surface area contributed by atoms with E-state index < -0.39 is 41.6 Å². The first kappa shape index (κ1) is 19.1. The van der Waals surface area contributed by atoms with Gasteiger partial charge in [0.15, 0.2) is 0 Å². The van der Waals surface area contributed by atoms with Crippen molar-refractivity contribution in [2.45, 2.75) is 6.18 Å². The Balaban J connectivity index is 0.00000400. The van der Waals surface area contributed by atoms with E-state index in [0.717, 1.165) is 0 Å². The van der Waals surface area contributed by atoms with Crippen LogP contribution in [0.2, 0.25) is 0 Å². The number of halogens is 5. The minimum Gasteiger partial charge on any atom is -0.346 e. The smallest absolute Gasteiger partial charge is 0.346 e. The molecule has 2 amide bonds. The number of alkyl halides is 3. The number of nitrogens with one attached hydrogen (secondary N) is 2. The summed E-state index contributed by atoms with van der Waals surface area (Å²) in [5, 5.41) is 4.03. The second kappa shape index (κ2) is 7.79. The number of rotatable bonds is 4. The first-order valence-corrected chi connectivity index (χ1v) is 5.37. The third-order valence-corrected chi connectivity index (χ3v) is 2.20. The molecule has 1 aromatic rings. The minimum absolute atomic E-state index is 0. The topological polar surface area (TPSA) is 84.2 Å². The molecule has 0 fully saturated rings. The quantitative estimate of drug-likeness (QED) is 0.728. The normalized spacial score (nSPS) is 10.5. The molecule has 21 heavy (non-hydrogen) atoms. The maximum atomic E-state index is 13.3. The summed E-state index contributed by atoms with van der Waals surface area (Å²) in [7, 11) is 0. The molecular weight excluding hydrogens is 318 g/mol. The van der Waals surface area contributed by atoms with Gasteiger partial charge in [0.1, 0.15) is 5.82 Å². The Morgan fingerprint density at radius 1 is 1.19 bits per heavy atom. The van der Waals surface area contributed by atoms with Crippen molar-refractivity contribution in [2.24, 2.45) is 5.73 Å². The Labute approximate surface area is 123 Å². The summed E-state index contributed by atoms with van der Waals surface area (Å²) >= 11 is 0. The molecule has 0 bridgehead atoms. The number of hydrogen-bond acceptors (Lipinski definition) is 3. The highest BCUT2D eigenvalue weighted by atomic mass is 35.5. The van der Waals surface area contributed by atoms with Crippen molar-refractivity contribution in [3.63, 3.8) is 0 Å². The van der Waals surface area contributed by atoms with Gasteiger partial charge in [0.25, 0.3) is 0 Å². The number of nitrogens with two attached hydrogens (primary N) is 1. The average Bonchev–Trinajstić information content (AvgIpc) is 2.37. The molecule has 0 aliphatic carbocycles. The fourth-order valence-corrected chi connectivity index (χ4v) is 1.24. The third-order valence-electron chi connectivity index (χ3n) is 2.20. The van der Waals surface area contributed by atoms with Gasteiger partial charge < -0.3 is 16.4 Å². The molecule has 4 N–H and O–H groups in total. The predicted octanol–water partition coefficient (Wildman–Crippen LogP) is 1.28. The van der Waals surface area contributed by atoms with E-state index in [1.54, 1.807) is 0 Å². The van der Waals surface area contributed by atoms with Crippen LogP contribution in [0.4, 0.5) is 23.2 Å². The van der Waals surface area contributed by atoms with Crippen molar-refractivity contribution in [2.75, 3.05) is 18.4 Å². The van der Waals surface area contributed by atoms with Crippen molar-refractivity contribution in [1.82, 2.24) is 5.32 Å². The lowest BCUT2D eigenvalue weighted by Crippen LogP contribution is -2.36. The van der Waals surface area contributed by atoms with Crippen molar-refractivity contribution >= 4 is 29.9 Å². The van der Waals surface area contributed by atoms with Gasteiger partial charge in [-0.15, -0.1) is 12.4 Å². The Morgan fingerprint density at radius 3 is 2.33 bits per heavy atom. The number of carbonyl (C=O) groups excluding carboxylic acids is 2. The lowest BCUT2D eigenvalue weighted by atomic mass is 10.2. The first-order chi connectivity index (χ1) is 9.24. The zero-order valence-electron chi connectivity index (χ0n) is 10.5. The van der Waals surface area contributed by atoms with Gasteiger partial charge in [-0.25, -0.2) is 4.39 Å². The predicted molar refractivity (Wildman–Crippen MR) is 69.3 cm³/mol. The zero-order valence-corrected chi connectivity index (χ0v) is 11.3. The molecule has 0 saturated heterocycles. The molecule has 0 aromatic heterocycles. The van der Waals surface area contributed by atoms with Crippen LogP contribution in [0.25, 0.3) is 0 Å². The molecule has 1 aromatic carbocycles. The maximum absolute atomic E-state index is 13.3. The van der Waals surface area contributed by atoms with Gasteiger partial charge in [0.05, 0.1) is 24.3 Å². The highest BCUT2D eigenvalue weighted by Crippen LogP contribution is 2.31. The summed E-state index contributed by atoms with van der Waals surface area (Å²) in [6, 6.07) is 1.62. The first-order valence-electron chi connectivity index (χ1n) is 5.37. The van der Waals surface area contributed by atoms with E-state index in [0.29, 0.717) is 18.2 Å². The van der Waals surface area contributed by atoms with Crippen LogP contribution in [-0.2, 0) is 15.8 Å². The van der Waals surface area contributed by atoms with Crippen LogP contribution >= 0.6 is 12.4 Å². The second-order valence-corrected chi connectivity index (χ2v) is 3.72. The molecule has 118 valence electrons. The van der Waals surface area contributed by atoms with E-state index in [1.165, 1.54) is 0 Å². The molecule has 0 radical (unpaired) electrons. The molecule has 0 heterocycles. The van der Waals surface area contributed by atoms with Crippen LogP contribution in [0.1, 0.15) is 5.56 Å². The SMILES string of the molecule is Cl.NCC(=O)NCC(=O)Nc1cc(C(F)(F)F)ccc1F. The summed E-state index contributed by atoms with van der Waals surface area (Å²) in [4.78, 5) is 22.1. The molecule has 5 nitrogen and oxygen atoms in total. The molecule has 0 atom stereocenters. The number of amides is 2. The monoisotopic (exact) mass is 329 g/mol. The average molecular weight is 330 g/mol. The van der Waals surface area contributed by atoms with Crippen molar-refractivity contribution in [1.29, 1.82) is 0 Å². The van der Waals surface area contributed by atoms with E-state index in [2.05, 4.69) is 5.32 Å². The van der Waals surface area contributed by atoms with Crippen LogP contribution < -0.4 is 16.4 Å². The van der Waals surface area contributed by atoms with Gasteiger partial charge in [-0.3, -0.25) is 9.59 Å². The Bertz CT molecular complexity index is 523. The van der Waals surface area contributed by atoms with Crippen LogP contribution in [-0.4, -0.2) is 24.9 Å². The van der Waals surface area contributed by atoms with E-state index in [-0.39, 0.29) is 19.0 Å². The standard InChI is InChI=1S/C11H11F4N3O2.ClH/c12-7-2-1-6(11(13,14)15)3-8(7)18-10(20)5-17-9(19)4-16;/h1-3H,4-5,16H2,(H,17,19)(H,18,20);1H. The summed E-state index contributed by atoms with van der Waals surface area (Å²) in [6.07, 6.45) is -4.65. The Hall–Kier alpha value is -1.87. The van der Waals surface area contributed by atoms with Gasteiger partial charge in [0.2, 0.25) is 11.8 Å². The van der Waals surface area contributed by atoms with E-state index in [4.69, 9.17) is 5.73 Å². The molecular formula is C11H12ClF4N3O2. The maximum Gasteiger partial charge on any atom is 0.416 e. The number of benzene rings is 1. The second-order valence-electron chi connectivity index (χ2n) is 3.72. The van der Waals surface area contributed by atoms with E-state index in [1.807, 2.05) is 5.32 Å². The molecule has 0 saturated carbocycles. The van der Waals surface area contributed by atoms with Crippen molar-refractivity contribution in [3.8, 4) is 0 Å².